The third-order valence-corrected chi connectivity index (χ3v) is 2.72. The zero-order chi connectivity index (χ0) is 11.4. The minimum Gasteiger partial charge on any atom is -0.399 e. The predicted molar refractivity (Wildman–Crippen MR) is 65.3 cm³/mol. The number of nitrogen functional groups attached to an aromatic ring is 1. The van der Waals surface area contributed by atoms with Gasteiger partial charge in [-0.2, -0.15) is 12.6 Å². The van der Waals surface area contributed by atoms with E-state index in [1.165, 1.54) is 0 Å². The van der Waals surface area contributed by atoms with E-state index in [0.29, 0.717) is 28.4 Å². The molecule has 0 aliphatic heterocycles. The molecule has 0 amide bonds. The van der Waals surface area contributed by atoms with E-state index >= 15 is 0 Å². The minimum atomic E-state index is -0.995. The first-order chi connectivity index (χ1) is 7.06. The Morgan fingerprint density at radius 1 is 1.40 bits per heavy atom. The summed E-state index contributed by atoms with van der Waals surface area (Å²) >= 11 is 9.88. The van der Waals surface area contributed by atoms with Crippen LogP contribution in [0.1, 0.15) is 18.1 Å². The Labute approximate surface area is 99.3 Å². The van der Waals surface area contributed by atoms with Gasteiger partial charge in [0.1, 0.15) is 6.10 Å². The summed E-state index contributed by atoms with van der Waals surface area (Å²) in [6, 6.07) is 4.80. The van der Waals surface area contributed by atoms with Crippen LogP contribution in [0, 0.1) is 0 Å². The van der Waals surface area contributed by atoms with Gasteiger partial charge in [-0.05, 0) is 24.3 Å². The predicted octanol–water partition coefficient (Wildman–Crippen LogP) is 1.64. The van der Waals surface area contributed by atoms with Gasteiger partial charge in [0.2, 0.25) is 0 Å². The fraction of sp³-hybridized carbons (Fsp3) is 0.400. The van der Waals surface area contributed by atoms with Crippen LogP contribution in [-0.2, 0) is 0 Å². The maximum absolute atomic E-state index is 9.78. The van der Waals surface area contributed by atoms with Crippen LogP contribution in [0.25, 0.3) is 0 Å². The number of hydrogen-bond acceptors (Lipinski definition) is 4. The molecule has 1 aromatic carbocycles. The zero-order valence-corrected chi connectivity index (χ0v) is 9.75. The lowest BCUT2D eigenvalue weighted by atomic mass is 10.0. The summed E-state index contributed by atoms with van der Waals surface area (Å²) in [5.74, 6) is 0.505. The second-order valence-corrected chi connectivity index (χ2v) is 4.16. The summed E-state index contributed by atoms with van der Waals surface area (Å²) < 4.78 is 0. The summed E-state index contributed by atoms with van der Waals surface area (Å²) in [4.78, 5) is 0. The molecule has 0 spiro atoms. The first-order valence-electron chi connectivity index (χ1n) is 4.58. The van der Waals surface area contributed by atoms with E-state index in [4.69, 9.17) is 17.3 Å². The van der Waals surface area contributed by atoms with Crippen LogP contribution >= 0.6 is 24.2 Å². The largest absolute Gasteiger partial charge is 0.399 e. The number of halogens is 1. The van der Waals surface area contributed by atoms with Crippen molar-refractivity contribution in [1.29, 1.82) is 0 Å². The second-order valence-electron chi connectivity index (χ2n) is 3.31. The van der Waals surface area contributed by atoms with E-state index in [1.54, 1.807) is 18.2 Å². The number of aliphatic hydroxyl groups excluding tert-OH is 2. The Morgan fingerprint density at radius 2 is 2.07 bits per heavy atom. The van der Waals surface area contributed by atoms with Crippen molar-refractivity contribution in [2.45, 2.75) is 18.6 Å². The van der Waals surface area contributed by atoms with Crippen molar-refractivity contribution in [2.75, 3.05) is 11.5 Å². The molecule has 0 aromatic heterocycles. The van der Waals surface area contributed by atoms with Crippen LogP contribution in [0.4, 0.5) is 5.69 Å². The van der Waals surface area contributed by atoms with E-state index in [9.17, 15) is 10.2 Å². The van der Waals surface area contributed by atoms with Gasteiger partial charge >= 0.3 is 0 Å². The van der Waals surface area contributed by atoms with Gasteiger partial charge in [-0.25, -0.2) is 0 Å². The second kappa shape index (κ2) is 5.61. The average Bonchev–Trinajstić information content (AvgIpc) is 2.17. The van der Waals surface area contributed by atoms with Crippen LogP contribution in [0.2, 0.25) is 5.02 Å². The molecule has 1 aromatic rings. The first-order valence-corrected chi connectivity index (χ1v) is 5.59. The molecule has 0 radical (unpaired) electrons. The lowest BCUT2D eigenvalue weighted by molar-refractivity contribution is 0.0173. The first kappa shape index (κ1) is 12.6. The standard InChI is InChI=1S/C10H14ClNO2S/c11-8-5-6(12)1-2-7(8)10(14)9(13)3-4-15/h1-2,5,9-10,13-15H,3-4,12H2. The molecular formula is C10H14ClNO2S. The normalized spacial score (nSPS) is 14.9. The van der Waals surface area contributed by atoms with Crippen LogP contribution in [0.5, 0.6) is 0 Å². The van der Waals surface area contributed by atoms with Gasteiger partial charge in [-0.1, -0.05) is 17.7 Å². The molecule has 0 fully saturated rings. The molecule has 0 bridgehead atoms. The fourth-order valence-electron chi connectivity index (χ4n) is 1.28. The third-order valence-electron chi connectivity index (χ3n) is 2.13. The molecule has 0 saturated carbocycles. The SMILES string of the molecule is Nc1ccc(C(O)C(O)CCS)c(Cl)c1. The molecule has 4 N–H and O–H groups in total. The Kier molecular flexibility index (Phi) is 4.73. The monoisotopic (exact) mass is 247 g/mol. The van der Waals surface area contributed by atoms with E-state index in [2.05, 4.69) is 12.6 Å². The van der Waals surface area contributed by atoms with Crippen molar-refractivity contribution in [2.24, 2.45) is 0 Å². The number of benzene rings is 1. The van der Waals surface area contributed by atoms with Crippen molar-refractivity contribution < 1.29 is 10.2 Å². The molecule has 2 atom stereocenters. The van der Waals surface area contributed by atoms with Gasteiger partial charge in [0.25, 0.3) is 0 Å². The summed E-state index contributed by atoms with van der Waals surface area (Å²) in [6.45, 7) is 0. The number of aliphatic hydroxyl groups is 2. The Morgan fingerprint density at radius 3 is 2.60 bits per heavy atom. The quantitative estimate of drug-likeness (QED) is 0.483. The lowest BCUT2D eigenvalue weighted by Gasteiger charge is -2.18. The highest BCUT2D eigenvalue weighted by Crippen LogP contribution is 2.28. The Bertz CT molecular complexity index is 335. The molecule has 0 aliphatic carbocycles. The fourth-order valence-corrected chi connectivity index (χ4v) is 1.85. The number of rotatable bonds is 4. The maximum Gasteiger partial charge on any atom is 0.106 e. The number of anilines is 1. The molecule has 5 heteroatoms. The maximum atomic E-state index is 9.78. The summed E-state index contributed by atoms with van der Waals surface area (Å²) in [5, 5.41) is 19.7. The topological polar surface area (TPSA) is 66.5 Å². The van der Waals surface area contributed by atoms with E-state index in [0.717, 1.165) is 0 Å². The van der Waals surface area contributed by atoms with Gasteiger partial charge in [0, 0.05) is 16.3 Å². The summed E-state index contributed by atoms with van der Waals surface area (Å²) in [7, 11) is 0. The van der Waals surface area contributed by atoms with E-state index in [-0.39, 0.29) is 0 Å². The molecule has 1 rings (SSSR count). The highest BCUT2D eigenvalue weighted by molar-refractivity contribution is 7.80. The number of hydrogen-bond donors (Lipinski definition) is 4. The third kappa shape index (κ3) is 3.28. The molecule has 3 nitrogen and oxygen atoms in total. The van der Waals surface area contributed by atoms with Crippen molar-refractivity contribution >= 4 is 29.9 Å². The Balaban J connectivity index is 2.86. The van der Waals surface area contributed by atoms with Gasteiger partial charge in [0.15, 0.2) is 0 Å². The highest BCUT2D eigenvalue weighted by atomic mass is 35.5. The molecule has 0 saturated heterocycles. The lowest BCUT2D eigenvalue weighted by Crippen LogP contribution is -2.19. The highest BCUT2D eigenvalue weighted by Gasteiger charge is 2.19. The number of thiol groups is 1. The van der Waals surface area contributed by atoms with Crippen LogP contribution in [-0.4, -0.2) is 22.1 Å². The summed E-state index contributed by atoms with van der Waals surface area (Å²) in [6.07, 6.45) is -1.45. The zero-order valence-electron chi connectivity index (χ0n) is 8.10. The molecular weight excluding hydrogens is 234 g/mol. The van der Waals surface area contributed by atoms with Gasteiger partial charge < -0.3 is 15.9 Å². The van der Waals surface area contributed by atoms with Crippen molar-refractivity contribution in [3.05, 3.63) is 28.8 Å². The van der Waals surface area contributed by atoms with Crippen LogP contribution in [0.15, 0.2) is 18.2 Å². The molecule has 0 aliphatic rings. The van der Waals surface area contributed by atoms with Crippen molar-refractivity contribution in [3.63, 3.8) is 0 Å². The van der Waals surface area contributed by atoms with Crippen LogP contribution < -0.4 is 5.73 Å². The van der Waals surface area contributed by atoms with Gasteiger partial charge in [-0.15, -0.1) is 0 Å². The Hall–Kier alpha value is -0.420. The summed E-state index contributed by atoms with van der Waals surface area (Å²) in [5.41, 5.74) is 6.54. The van der Waals surface area contributed by atoms with Crippen molar-refractivity contribution in [3.8, 4) is 0 Å². The van der Waals surface area contributed by atoms with Gasteiger partial charge in [-0.3, -0.25) is 0 Å². The van der Waals surface area contributed by atoms with E-state index in [1.807, 2.05) is 0 Å². The average molecular weight is 248 g/mol. The van der Waals surface area contributed by atoms with Crippen molar-refractivity contribution in [1.82, 2.24) is 0 Å². The molecule has 0 heterocycles. The number of nitrogens with two attached hydrogens (primary N) is 1. The smallest absolute Gasteiger partial charge is 0.106 e. The molecule has 2 unspecified atom stereocenters. The van der Waals surface area contributed by atoms with Crippen LogP contribution in [0.3, 0.4) is 0 Å². The molecule has 15 heavy (non-hydrogen) atoms. The minimum absolute atomic E-state index is 0.362. The van der Waals surface area contributed by atoms with E-state index < -0.39 is 12.2 Å². The molecule has 84 valence electrons. The van der Waals surface area contributed by atoms with Gasteiger partial charge in [0.05, 0.1) is 6.10 Å².